The maximum absolute atomic E-state index is 13.5. The molecule has 23 heavy (non-hydrogen) atoms. The lowest BCUT2D eigenvalue weighted by Gasteiger charge is -2.04. The second-order valence-electron chi connectivity index (χ2n) is 5.30. The van der Waals surface area contributed by atoms with E-state index in [1.807, 2.05) is 43.5 Å². The highest BCUT2D eigenvalue weighted by Crippen LogP contribution is 2.24. The number of hydrogen-bond acceptors (Lipinski definition) is 4. The van der Waals surface area contributed by atoms with E-state index in [0.29, 0.717) is 13.0 Å². The second kappa shape index (κ2) is 7.44. The minimum absolute atomic E-state index is 0.142. The lowest BCUT2D eigenvalue weighted by atomic mass is 10.1. The first kappa shape index (κ1) is 15.8. The zero-order chi connectivity index (χ0) is 16.1. The summed E-state index contributed by atoms with van der Waals surface area (Å²) in [6.45, 7) is 3.39. The fraction of sp³-hybridized carbons (Fsp3) is 0.222. The van der Waals surface area contributed by atoms with Crippen molar-refractivity contribution in [2.75, 3.05) is 6.54 Å². The number of thiazole rings is 1. The predicted molar refractivity (Wildman–Crippen MR) is 91.9 cm³/mol. The van der Waals surface area contributed by atoms with Crippen LogP contribution in [0.15, 0.2) is 48.7 Å². The fourth-order valence-electron chi connectivity index (χ4n) is 2.31. The maximum atomic E-state index is 13.5. The van der Waals surface area contributed by atoms with Gasteiger partial charge in [0.05, 0.1) is 10.6 Å². The largest absolute Gasteiger partial charge is 0.310 e. The Morgan fingerprint density at radius 3 is 2.83 bits per heavy atom. The van der Waals surface area contributed by atoms with Crippen molar-refractivity contribution >= 4 is 11.3 Å². The van der Waals surface area contributed by atoms with Crippen molar-refractivity contribution in [2.24, 2.45) is 0 Å². The summed E-state index contributed by atoms with van der Waals surface area (Å²) in [6, 6.07) is 12.9. The maximum Gasteiger partial charge on any atom is 0.126 e. The molecular formula is C18H18FN3S. The molecule has 2 heterocycles. The van der Waals surface area contributed by atoms with Crippen molar-refractivity contribution < 1.29 is 4.39 Å². The van der Waals surface area contributed by atoms with Gasteiger partial charge in [0.2, 0.25) is 0 Å². The SMILES string of the molecule is Cc1cccc(-c2cnc(CNCCc3ccccc3F)s2)n1. The van der Waals surface area contributed by atoms with Gasteiger partial charge in [0.1, 0.15) is 10.8 Å². The molecule has 0 bridgehead atoms. The van der Waals surface area contributed by atoms with Crippen molar-refractivity contribution in [3.05, 3.63) is 70.7 Å². The topological polar surface area (TPSA) is 37.8 Å². The van der Waals surface area contributed by atoms with Crippen LogP contribution in [0.3, 0.4) is 0 Å². The molecule has 0 saturated carbocycles. The average Bonchev–Trinajstić information content (AvgIpc) is 3.02. The van der Waals surface area contributed by atoms with Crippen molar-refractivity contribution in [3.63, 3.8) is 0 Å². The molecular weight excluding hydrogens is 309 g/mol. The Morgan fingerprint density at radius 1 is 1.13 bits per heavy atom. The van der Waals surface area contributed by atoms with Gasteiger partial charge in [0, 0.05) is 18.4 Å². The minimum atomic E-state index is -0.142. The molecule has 1 N–H and O–H groups in total. The highest BCUT2D eigenvalue weighted by atomic mass is 32.1. The summed E-state index contributed by atoms with van der Waals surface area (Å²) >= 11 is 1.63. The van der Waals surface area contributed by atoms with Crippen LogP contribution in [0.1, 0.15) is 16.3 Å². The number of rotatable bonds is 6. The van der Waals surface area contributed by atoms with E-state index in [-0.39, 0.29) is 5.82 Å². The van der Waals surface area contributed by atoms with E-state index >= 15 is 0 Å². The van der Waals surface area contributed by atoms with Gasteiger partial charge < -0.3 is 5.32 Å². The van der Waals surface area contributed by atoms with Crippen LogP contribution >= 0.6 is 11.3 Å². The molecule has 0 aliphatic heterocycles. The van der Waals surface area contributed by atoms with E-state index in [9.17, 15) is 4.39 Å². The number of benzene rings is 1. The van der Waals surface area contributed by atoms with Crippen LogP contribution in [0.4, 0.5) is 4.39 Å². The lowest BCUT2D eigenvalue weighted by molar-refractivity contribution is 0.597. The molecule has 0 atom stereocenters. The van der Waals surface area contributed by atoms with E-state index in [2.05, 4.69) is 15.3 Å². The summed E-state index contributed by atoms with van der Waals surface area (Å²) in [6.07, 6.45) is 2.53. The number of hydrogen-bond donors (Lipinski definition) is 1. The minimum Gasteiger partial charge on any atom is -0.310 e. The van der Waals surface area contributed by atoms with E-state index in [4.69, 9.17) is 0 Å². The Kier molecular flexibility index (Phi) is 5.10. The van der Waals surface area contributed by atoms with Crippen molar-refractivity contribution in [2.45, 2.75) is 19.9 Å². The van der Waals surface area contributed by atoms with Gasteiger partial charge in [-0.2, -0.15) is 0 Å². The van der Waals surface area contributed by atoms with Gasteiger partial charge in [-0.3, -0.25) is 4.98 Å². The van der Waals surface area contributed by atoms with Crippen LogP contribution in [-0.4, -0.2) is 16.5 Å². The lowest BCUT2D eigenvalue weighted by Crippen LogP contribution is -2.16. The van der Waals surface area contributed by atoms with Gasteiger partial charge in [0.25, 0.3) is 0 Å². The Balaban J connectivity index is 1.53. The molecule has 0 amide bonds. The smallest absolute Gasteiger partial charge is 0.126 e. The van der Waals surface area contributed by atoms with Crippen molar-refractivity contribution in [1.82, 2.24) is 15.3 Å². The zero-order valence-corrected chi connectivity index (χ0v) is 13.7. The van der Waals surface area contributed by atoms with Crippen LogP contribution in [0, 0.1) is 12.7 Å². The quantitative estimate of drug-likeness (QED) is 0.696. The summed E-state index contributed by atoms with van der Waals surface area (Å²) in [7, 11) is 0. The van der Waals surface area contributed by atoms with Gasteiger partial charge in [-0.15, -0.1) is 11.3 Å². The van der Waals surface area contributed by atoms with E-state index < -0.39 is 0 Å². The summed E-state index contributed by atoms with van der Waals surface area (Å²) < 4.78 is 13.5. The van der Waals surface area contributed by atoms with Gasteiger partial charge >= 0.3 is 0 Å². The molecule has 1 aromatic carbocycles. The second-order valence-corrected chi connectivity index (χ2v) is 6.42. The third-order valence-corrected chi connectivity index (χ3v) is 4.52. The third kappa shape index (κ3) is 4.21. The van der Waals surface area contributed by atoms with E-state index in [1.54, 1.807) is 17.4 Å². The summed E-state index contributed by atoms with van der Waals surface area (Å²) in [4.78, 5) is 10.0. The molecule has 0 radical (unpaired) electrons. The van der Waals surface area contributed by atoms with Crippen LogP contribution in [0.2, 0.25) is 0 Å². The third-order valence-electron chi connectivity index (χ3n) is 3.50. The van der Waals surface area contributed by atoms with Gasteiger partial charge in [-0.05, 0) is 43.7 Å². The summed E-state index contributed by atoms with van der Waals surface area (Å²) in [5, 5.41) is 4.33. The van der Waals surface area contributed by atoms with Gasteiger partial charge in [0.15, 0.2) is 0 Å². The number of pyridine rings is 1. The highest BCUT2D eigenvalue weighted by Gasteiger charge is 2.06. The Morgan fingerprint density at radius 2 is 2.00 bits per heavy atom. The van der Waals surface area contributed by atoms with E-state index in [1.165, 1.54) is 6.07 Å². The first-order valence-corrected chi connectivity index (χ1v) is 8.37. The summed E-state index contributed by atoms with van der Waals surface area (Å²) in [5.41, 5.74) is 2.70. The molecule has 0 spiro atoms. The first-order chi connectivity index (χ1) is 11.2. The summed E-state index contributed by atoms with van der Waals surface area (Å²) in [5.74, 6) is -0.142. The molecule has 5 heteroatoms. The molecule has 3 aromatic rings. The van der Waals surface area contributed by atoms with Crippen LogP contribution in [0.25, 0.3) is 10.6 Å². The number of aromatic nitrogens is 2. The standard InChI is InChI=1S/C18H18FN3S/c1-13-5-4-8-16(22-13)17-11-21-18(23-17)12-20-10-9-14-6-2-3-7-15(14)19/h2-8,11,20H,9-10,12H2,1H3. The Bertz CT molecular complexity index is 785. The number of halogens is 1. The molecule has 3 rings (SSSR count). The van der Waals surface area contributed by atoms with Gasteiger partial charge in [-0.1, -0.05) is 24.3 Å². The molecule has 0 fully saturated rings. The molecule has 0 aliphatic carbocycles. The zero-order valence-electron chi connectivity index (χ0n) is 12.9. The van der Waals surface area contributed by atoms with Crippen LogP contribution in [0.5, 0.6) is 0 Å². The monoisotopic (exact) mass is 327 g/mol. The van der Waals surface area contributed by atoms with Crippen molar-refractivity contribution in [1.29, 1.82) is 0 Å². The van der Waals surface area contributed by atoms with Gasteiger partial charge in [-0.25, -0.2) is 9.37 Å². The Labute approximate surface area is 139 Å². The molecule has 3 nitrogen and oxygen atoms in total. The van der Waals surface area contributed by atoms with Crippen LogP contribution < -0.4 is 5.32 Å². The first-order valence-electron chi connectivity index (χ1n) is 7.55. The fourth-order valence-corrected chi connectivity index (χ4v) is 3.17. The van der Waals surface area contributed by atoms with Crippen LogP contribution in [-0.2, 0) is 13.0 Å². The average molecular weight is 327 g/mol. The normalized spacial score (nSPS) is 10.9. The Hall–Kier alpha value is -2.11. The predicted octanol–water partition coefficient (Wildman–Crippen LogP) is 3.98. The van der Waals surface area contributed by atoms with E-state index in [0.717, 1.165) is 33.4 Å². The van der Waals surface area contributed by atoms with Crippen molar-refractivity contribution in [3.8, 4) is 10.6 Å². The highest BCUT2D eigenvalue weighted by molar-refractivity contribution is 7.15. The molecule has 0 saturated heterocycles. The molecule has 118 valence electrons. The molecule has 0 unspecified atom stereocenters. The number of nitrogens with one attached hydrogen (secondary N) is 1. The molecule has 0 aliphatic rings. The molecule has 2 aromatic heterocycles. The number of nitrogens with zero attached hydrogens (tertiary/aromatic N) is 2. The number of aryl methyl sites for hydroxylation is 1.